The van der Waals surface area contributed by atoms with Crippen molar-refractivity contribution in [1.82, 2.24) is 10.3 Å². The second-order valence-corrected chi connectivity index (χ2v) is 11.3. The van der Waals surface area contributed by atoms with Crippen LogP contribution in [0.1, 0.15) is 37.7 Å². The van der Waals surface area contributed by atoms with Gasteiger partial charge in [-0.05, 0) is 78.9 Å². The van der Waals surface area contributed by atoms with Crippen LogP contribution in [-0.4, -0.2) is 56.3 Å². The van der Waals surface area contributed by atoms with Crippen LogP contribution in [0.5, 0.6) is 0 Å². The number of hydrogen-bond acceptors (Lipinski definition) is 5. The van der Waals surface area contributed by atoms with Crippen LogP contribution in [0.2, 0.25) is 0 Å². The third kappa shape index (κ3) is 5.19. The summed E-state index contributed by atoms with van der Waals surface area (Å²) in [5, 5.41) is 3.96. The van der Waals surface area contributed by atoms with E-state index in [1.165, 1.54) is 30.5 Å². The highest BCUT2D eigenvalue weighted by Crippen LogP contribution is 2.38. The SMILES string of the molecule is CN(C)c1cccc(-c2ccnc(N3C4CCCCC4NC4CN(c5ccc(C(F)(F)F)cc5)CCC43)c2)c1. The Morgan fingerprint density at radius 1 is 0.872 bits per heavy atom. The van der Waals surface area contributed by atoms with Crippen LogP contribution in [0.4, 0.5) is 30.4 Å². The highest BCUT2D eigenvalue weighted by atomic mass is 19.4. The zero-order chi connectivity index (χ0) is 27.1. The van der Waals surface area contributed by atoms with Crippen molar-refractivity contribution in [3.63, 3.8) is 0 Å². The molecule has 8 heteroatoms. The number of piperidine rings is 1. The first-order valence-electron chi connectivity index (χ1n) is 14.0. The number of alkyl halides is 3. The molecular formula is C31H36F3N5. The smallest absolute Gasteiger partial charge is 0.378 e. The molecule has 0 spiro atoms. The van der Waals surface area contributed by atoms with E-state index in [0.717, 1.165) is 55.1 Å². The molecule has 1 N–H and O–H groups in total. The van der Waals surface area contributed by atoms with Gasteiger partial charge in [-0.15, -0.1) is 0 Å². The molecule has 0 radical (unpaired) electrons. The summed E-state index contributed by atoms with van der Waals surface area (Å²) >= 11 is 0. The lowest BCUT2D eigenvalue weighted by Gasteiger charge is -2.56. The molecule has 1 saturated carbocycles. The molecule has 0 bridgehead atoms. The topological polar surface area (TPSA) is 34.6 Å². The number of benzene rings is 2. The van der Waals surface area contributed by atoms with Gasteiger partial charge in [0.1, 0.15) is 5.82 Å². The van der Waals surface area contributed by atoms with Gasteiger partial charge in [0.05, 0.1) is 5.56 Å². The Labute approximate surface area is 228 Å². The summed E-state index contributed by atoms with van der Waals surface area (Å²) in [5.41, 5.74) is 3.75. The lowest BCUT2D eigenvalue weighted by atomic mass is 9.81. The number of piperazine rings is 1. The van der Waals surface area contributed by atoms with Crippen LogP contribution >= 0.6 is 0 Å². The summed E-state index contributed by atoms with van der Waals surface area (Å²) in [6, 6.07) is 19.8. The molecule has 3 aliphatic rings. The van der Waals surface area contributed by atoms with Crippen LogP contribution in [0, 0.1) is 0 Å². The van der Waals surface area contributed by atoms with E-state index < -0.39 is 11.7 Å². The fraction of sp³-hybridized carbons (Fsp3) is 0.452. The molecule has 2 aliphatic heterocycles. The van der Waals surface area contributed by atoms with Gasteiger partial charge in [-0.3, -0.25) is 0 Å². The number of fused-ring (bicyclic) bond motifs is 2. The maximum atomic E-state index is 13.1. The lowest BCUT2D eigenvalue weighted by Crippen LogP contribution is -2.72. The molecule has 1 aliphatic carbocycles. The van der Waals surface area contributed by atoms with Gasteiger partial charge < -0.3 is 20.0 Å². The van der Waals surface area contributed by atoms with Crippen LogP contribution in [0.3, 0.4) is 0 Å². The highest BCUT2D eigenvalue weighted by molar-refractivity contribution is 5.71. The normalized spacial score (nSPS) is 25.2. The monoisotopic (exact) mass is 535 g/mol. The number of nitrogens with zero attached hydrogens (tertiary/aromatic N) is 4. The van der Waals surface area contributed by atoms with E-state index in [4.69, 9.17) is 4.98 Å². The van der Waals surface area contributed by atoms with Gasteiger partial charge in [-0.1, -0.05) is 25.0 Å². The summed E-state index contributed by atoms with van der Waals surface area (Å²) in [6.45, 7) is 1.56. The Balaban J connectivity index is 1.28. The van der Waals surface area contributed by atoms with Gasteiger partial charge in [0.15, 0.2) is 0 Å². The van der Waals surface area contributed by atoms with Crippen LogP contribution in [0.25, 0.3) is 11.1 Å². The first-order chi connectivity index (χ1) is 18.8. The summed E-state index contributed by atoms with van der Waals surface area (Å²) in [7, 11) is 4.11. The average molecular weight is 536 g/mol. The maximum absolute atomic E-state index is 13.1. The molecule has 4 unspecified atom stereocenters. The molecule has 39 heavy (non-hydrogen) atoms. The van der Waals surface area contributed by atoms with Crippen LogP contribution in [0.15, 0.2) is 66.9 Å². The maximum Gasteiger partial charge on any atom is 0.416 e. The van der Waals surface area contributed by atoms with E-state index in [-0.39, 0.29) is 12.1 Å². The zero-order valence-corrected chi connectivity index (χ0v) is 22.5. The summed E-state index contributed by atoms with van der Waals surface area (Å²) < 4.78 is 39.3. The minimum absolute atomic E-state index is 0.211. The molecule has 0 amide bonds. The van der Waals surface area contributed by atoms with Crippen molar-refractivity contribution >= 4 is 17.2 Å². The second-order valence-electron chi connectivity index (χ2n) is 11.3. The minimum Gasteiger partial charge on any atom is -0.378 e. The zero-order valence-electron chi connectivity index (χ0n) is 22.5. The van der Waals surface area contributed by atoms with Crippen molar-refractivity contribution in [3.8, 4) is 11.1 Å². The molecular weight excluding hydrogens is 499 g/mol. The molecule has 206 valence electrons. The summed E-state index contributed by atoms with van der Waals surface area (Å²) in [5.74, 6) is 1.03. The van der Waals surface area contributed by atoms with Crippen molar-refractivity contribution < 1.29 is 13.2 Å². The molecule has 5 nitrogen and oxygen atoms in total. The lowest BCUT2D eigenvalue weighted by molar-refractivity contribution is -0.137. The number of nitrogens with one attached hydrogen (secondary N) is 1. The van der Waals surface area contributed by atoms with E-state index in [1.54, 1.807) is 12.1 Å². The number of anilines is 3. The Morgan fingerprint density at radius 2 is 1.62 bits per heavy atom. The Morgan fingerprint density at radius 3 is 2.38 bits per heavy atom. The molecule has 4 atom stereocenters. The van der Waals surface area contributed by atoms with Crippen molar-refractivity contribution in [2.24, 2.45) is 0 Å². The predicted molar refractivity (Wildman–Crippen MR) is 152 cm³/mol. The third-order valence-electron chi connectivity index (χ3n) is 8.71. The first kappa shape index (κ1) is 26.0. The van der Waals surface area contributed by atoms with Crippen LogP contribution in [-0.2, 0) is 6.18 Å². The highest BCUT2D eigenvalue weighted by Gasteiger charge is 2.46. The van der Waals surface area contributed by atoms with Gasteiger partial charge in [-0.25, -0.2) is 4.98 Å². The van der Waals surface area contributed by atoms with Gasteiger partial charge in [-0.2, -0.15) is 13.2 Å². The number of hydrogen-bond donors (Lipinski definition) is 1. The van der Waals surface area contributed by atoms with Crippen molar-refractivity contribution in [3.05, 3.63) is 72.4 Å². The van der Waals surface area contributed by atoms with Crippen molar-refractivity contribution in [2.75, 3.05) is 41.9 Å². The molecule has 3 heterocycles. The molecule has 2 aromatic carbocycles. The fourth-order valence-electron chi connectivity index (χ4n) is 6.73. The number of pyridine rings is 1. The second kappa shape index (κ2) is 10.4. The van der Waals surface area contributed by atoms with Gasteiger partial charge in [0.25, 0.3) is 0 Å². The molecule has 3 aromatic rings. The van der Waals surface area contributed by atoms with E-state index in [2.05, 4.69) is 70.5 Å². The third-order valence-corrected chi connectivity index (χ3v) is 8.71. The van der Waals surface area contributed by atoms with Gasteiger partial charge >= 0.3 is 6.18 Å². The van der Waals surface area contributed by atoms with Crippen molar-refractivity contribution in [1.29, 1.82) is 0 Å². The molecule has 3 fully saturated rings. The van der Waals surface area contributed by atoms with Gasteiger partial charge in [0, 0.05) is 68.9 Å². The quantitative estimate of drug-likeness (QED) is 0.430. The van der Waals surface area contributed by atoms with E-state index in [1.807, 2.05) is 6.20 Å². The Hall–Kier alpha value is -3.26. The van der Waals surface area contributed by atoms with E-state index in [0.29, 0.717) is 12.1 Å². The van der Waals surface area contributed by atoms with Gasteiger partial charge in [0.2, 0.25) is 0 Å². The average Bonchev–Trinajstić information content (AvgIpc) is 2.95. The van der Waals surface area contributed by atoms with Crippen molar-refractivity contribution in [2.45, 2.75) is 62.4 Å². The summed E-state index contributed by atoms with van der Waals surface area (Å²) in [4.78, 5) is 11.8. The predicted octanol–water partition coefficient (Wildman–Crippen LogP) is 6.20. The Bertz CT molecular complexity index is 1290. The molecule has 6 rings (SSSR count). The Kier molecular flexibility index (Phi) is 6.91. The number of halogens is 3. The summed E-state index contributed by atoms with van der Waals surface area (Å²) in [6.07, 6.45) is 3.25. The molecule has 2 saturated heterocycles. The van der Waals surface area contributed by atoms with Crippen LogP contribution < -0.4 is 20.0 Å². The number of rotatable bonds is 4. The van der Waals surface area contributed by atoms with E-state index >= 15 is 0 Å². The van der Waals surface area contributed by atoms with E-state index in [9.17, 15) is 13.2 Å². The molecule has 1 aromatic heterocycles. The largest absolute Gasteiger partial charge is 0.416 e. The fourth-order valence-corrected chi connectivity index (χ4v) is 6.73. The minimum atomic E-state index is -4.32. The first-order valence-corrected chi connectivity index (χ1v) is 14.0. The number of aromatic nitrogens is 1. The standard InChI is InChI=1S/C31H36F3N5/c1-37(2)25-7-5-6-21(18-25)22-14-16-35-30(19-22)39-28-9-4-3-8-26(28)36-27-20-38(17-15-29(27)39)24-12-10-23(11-13-24)31(32,33)34/h5-7,10-14,16,18-19,26-29,36H,3-4,8-9,15,17,20H2,1-2H3.